The fraction of sp³-hybridized carbons (Fsp3) is 0.167. The highest BCUT2D eigenvalue weighted by molar-refractivity contribution is 7.90. The average molecular weight is 406 g/mol. The van der Waals surface area contributed by atoms with Crippen molar-refractivity contribution < 1.29 is 17.6 Å². The normalized spacial score (nSPS) is 11.3. The number of amides is 1. The zero-order valence-corrected chi connectivity index (χ0v) is 15.7. The van der Waals surface area contributed by atoms with Gasteiger partial charge in [-0.05, 0) is 23.3 Å². The van der Waals surface area contributed by atoms with Crippen LogP contribution in [0, 0.1) is 0 Å². The molecule has 0 unspecified atom stereocenters. The minimum Gasteiger partial charge on any atom is -0.411 e. The van der Waals surface area contributed by atoms with E-state index in [1.165, 1.54) is 0 Å². The Hall–Kier alpha value is -2.71. The lowest BCUT2D eigenvalue weighted by atomic mass is 10.1. The Morgan fingerprint density at radius 2 is 1.70 bits per heavy atom. The molecule has 3 aromatic rings. The molecule has 0 spiro atoms. The summed E-state index contributed by atoms with van der Waals surface area (Å²) in [6.45, 7) is -0.0465. The molecule has 140 valence electrons. The van der Waals surface area contributed by atoms with Crippen LogP contribution < -0.4 is 5.32 Å². The van der Waals surface area contributed by atoms with Gasteiger partial charge >= 0.3 is 5.22 Å². The highest BCUT2D eigenvalue weighted by atomic mass is 35.5. The van der Waals surface area contributed by atoms with Crippen LogP contribution in [-0.2, 0) is 33.4 Å². The van der Waals surface area contributed by atoms with Gasteiger partial charge in [-0.1, -0.05) is 59.2 Å². The molecule has 0 fully saturated rings. The van der Waals surface area contributed by atoms with E-state index in [0.717, 1.165) is 5.56 Å². The lowest BCUT2D eigenvalue weighted by molar-refractivity contribution is -0.120. The molecule has 0 radical (unpaired) electrons. The SMILES string of the molecule is O=C(Cc1ccccc1)NCc1nnc(S(=O)(=O)Cc2ccc(Cl)cc2)o1. The summed E-state index contributed by atoms with van der Waals surface area (Å²) in [5, 5.41) is 9.93. The first-order chi connectivity index (χ1) is 12.9. The molecule has 1 heterocycles. The molecular formula is C18H16ClN3O4S. The number of aromatic nitrogens is 2. The maximum absolute atomic E-state index is 12.4. The largest absolute Gasteiger partial charge is 0.411 e. The molecule has 0 aliphatic rings. The fourth-order valence-electron chi connectivity index (χ4n) is 2.32. The second-order valence-corrected chi connectivity index (χ2v) is 8.09. The van der Waals surface area contributed by atoms with E-state index in [1.54, 1.807) is 24.3 Å². The minimum absolute atomic E-state index is 0.0195. The van der Waals surface area contributed by atoms with Crippen LogP contribution in [0.2, 0.25) is 5.02 Å². The molecule has 2 aromatic carbocycles. The molecular weight excluding hydrogens is 390 g/mol. The molecule has 0 aliphatic carbocycles. The van der Waals surface area contributed by atoms with Gasteiger partial charge in [0.2, 0.25) is 21.6 Å². The van der Waals surface area contributed by atoms with Gasteiger partial charge in [-0.15, -0.1) is 5.10 Å². The monoisotopic (exact) mass is 405 g/mol. The summed E-state index contributed by atoms with van der Waals surface area (Å²) >= 11 is 5.79. The first-order valence-electron chi connectivity index (χ1n) is 8.02. The standard InChI is InChI=1S/C18H16ClN3O4S/c19-15-8-6-14(7-9-15)12-27(24,25)18-22-21-17(26-18)11-20-16(23)10-13-4-2-1-3-5-13/h1-9H,10-12H2,(H,20,23). The van der Waals surface area contributed by atoms with Crippen molar-refractivity contribution in [2.45, 2.75) is 23.9 Å². The second-order valence-electron chi connectivity index (χ2n) is 5.79. The third-order valence-electron chi connectivity index (χ3n) is 3.63. The third-order valence-corrected chi connectivity index (χ3v) is 5.29. The van der Waals surface area contributed by atoms with Gasteiger partial charge in [0.05, 0.1) is 18.7 Å². The van der Waals surface area contributed by atoms with E-state index in [2.05, 4.69) is 15.5 Å². The third kappa shape index (κ3) is 5.38. The van der Waals surface area contributed by atoms with Gasteiger partial charge in [-0.25, -0.2) is 8.42 Å². The Balaban J connectivity index is 1.58. The van der Waals surface area contributed by atoms with Crippen LogP contribution in [-0.4, -0.2) is 24.5 Å². The molecule has 0 atom stereocenters. The molecule has 3 rings (SSSR count). The maximum Gasteiger partial charge on any atom is 0.335 e. The Morgan fingerprint density at radius 1 is 1.00 bits per heavy atom. The lowest BCUT2D eigenvalue weighted by Crippen LogP contribution is -2.24. The summed E-state index contributed by atoms with van der Waals surface area (Å²) in [6.07, 6.45) is 0.205. The van der Waals surface area contributed by atoms with E-state index in [9.17, 15) is 13.2 Å². The van der Waals surface area contributed by atoms with E-state index in [0.29, 0.717) is 10.6 Å². The van der Waals surface area contributed by atoms with Gasteiger partial charge < -0.3 is 9.73 Å². The second kappa shape index (κ2) is 8.32. The lowest BCUT2D eigenvalue weighted by Gasteiger charge is -2.02. The molecule has 1 amide bonds. The number of hydrogen-bond acceptors (Lipinski definition) is 6. The Bertz CT molecular complexity index is 1020. The number of hydrogen-bond donors (Lipinski definition) is 1. The summed E-state index contributed by atoms with van der Waals surface area (Å²) in [5.41, 5.74) is 1.42. The van der Waals surface area contributed by atoms with E-state index in [-0.39, 0.29) is 30.5 Å². The van der Waals surface area contributed by atoms with Gasteiger partial charge in [0, 0.05) is 5.02 Å². The number of benzene rings is 2. The van der Waals surface area contributed by atoms with Crippen molar-refractivity contribution in [2.75, 3.05) is 0 Å². The number of carbonyl (C=O) groups is 1. The van der Waals surface area contributed by atoms with E-state index in [4.69, 9.17) is 16.0 Å². The number of sulfone groups is 1. The van der Waals surface area contributed by atoms with Crippen molar-refractivity contribution >= 4 is 27.3 Å². The van der Waals surface area contributed by atoms with Crippen molar-refractivity contribution in [3.05, 3.63) is 76.6 Å². The minimum atomic E-state index is -3.79. The van der Waals surface area contributed by atoms with Crippen LogP contribution >= 0.6 is 11.6 Å². The first kappa shape index (κ1) is 19.1. The van der Waals surface area contributed by atoms with Crippen LogP contribution in [0.15, 0.2) is 64.2 Å². The Morgan fingerprint density at radius 3 is 2.41 bits per heavy atom. The number of rotatable bonds is 7. The molecule has 9 heteroatoms. The molecule has 7 nitrogen and oxygen atoms in total. The molecule has 27 heavy (non-hydrogen) atoms. The molecule has 0 saturated carbocycles. The van der Waals surface area contributed by atoms with Crippen molar-refractivity contribution in [3.8, 4) is 0 Å². The predicted molar refractivity (Wildman–Crippen MR) is 98.6 cm³/mol. The molecule has 0 bridgehead atoms. The maximum atomic E-state index is 12.4. The van der Waals surface area contributed by atoms with Crippen LogP contribution in [0.5, 0.6) is 0 Å². The van der Waals surface area contributed by atoms with Crippen LogP contribution in [0.4, 0.5) is 0 Å². The fourth-order valence-corrected chi connectivity index (χ4v) is 3.58. The molecule has 1 aromatic heterocycles. The summed E-state index contributed by atoms with van der Waals surface area (Å²) in [5.74, 6) is -0.498. The Kier molecular flexibility index (Phi) is 5.88. The zero-order chi connectivity index (χ0) is 19.3. The quantitative estimate of drug-likeness (QED) is 0.648. The van der Waals surface area contributed by atoms with Crippen molar-refractivity contribution in [3.63, 3.8) is 0 Å². The molecule has 1 N–H and O–H groups in total. The van der Waals surface area contributed by atoms with Crippen molar-refractivity contribution in [1.29, 1.82) is 0 Å². The number of nitrogens with zero attached hydrogens (tertiary/aromatic N) is 2. The summed E-state index contributed by atoms with van der Waals surface area (Å²) in [6, 6.07) is 15.7. The van der Waals surface area contributed by atoms with Gasteiger partial charge in [0.25, 0.3) is 0 Å². The zero-order valence-electron chi connectivity index (χ0n) is 14.1. The summed E-state index contributed by atoms with van der Waals surface area (Å²) in [4.78, 5) is 11.9. The summed E-state index contributed by atoms with van der Waals surface area (Å²) in [7, 11) is -3.79. The number of nitrogens with one attached hydrogen (secondary N) is 1. The number of carbonyl (C=O) groups excluding carboxylic acids is 1. The van der Waals surface area contributed by atoms with E-state index < -0.39 is 15.1 Å². The predicted octanol–water partition coefficient (Wildman–Crippen LogP) is 2.56. The average Bonchev–Trinajstić information content (AvgIpc) is 3.13. The topological polar surface area (TPSA) is 102 Å². The Labute approximate surface area is 161 Å². The van der Waals surface area contributed by atoms with Gasteiger partial charge in [0.15, 0.2) is 0 Å². The summed E-state index contributed by atoms with van der Waals surface area (Å²) < 4.78 is 29.9. The van der Waals surface area contributed by atoms with Gasteiger partial charge in [0.1, 0.15) is 0 Å². The van der Waals surface area contributed by atoms with Crippen LogP contribution in [0.1, 0.15) is 17.0 Å². The van der Waals surface area contributed by atoms with Crippen molar-refractivity contribution in [2.24, 2.45) is 0 Å². The highest BCUT2D eigenvalue weighted by Crippen LogP contribution is 2.17. The van der Waals surface area contributed by atoms with E-state index >= 15 is 0 Å². The van der Waals surface area contributed by atoms with Gasteiger partial charge in [-0.3, -0.25) is 4.79 Å². The molecule has 0 saturated heterocycles. The highest BCUT2D eigenvalue weighted by Gasteiger charge is 2.23. The van der Waals surface area contributed by atoms with E-state index in [1.807, 2.05) is 30.3 Å². The number of halogens is 1. The smallest absolute Gasteiger partial charge is 0.335 e. The van der Waals surface area contributed by atoms with Crippen molar-refractivity contribution in [1.82, 2.24) is 15.5 Å². The van der Waals surface area contributed by atoms with Gasteiger partial charge in [-0.2, -0.15) is 0 Å². The van der Waals surface area contributed by atoms with Crippen LogP contribution in [0.25, 0.3) is 0 Å². The molecule has 0 aliphatic heterocycles. The first-order valence-corrected chi connectivity index (χ1v) is 10.1. The van der Waals surface area contributed by atoms with Crippen LogP contribution in [0.3, 0.4) is 0 Å².